The second-order valence-corrected chi connectivity index (χ2v) is 6.96. The van der Waals surface area contributed by atoms with Crippen LogP contribution in [0, 0.1) is 0 Å². The Hall–Kier alpha value is -2.44. The maximum absolute atomic E-state index is 12.8. The molecule has 2 aromatic rings. The van der Waals surface area contributed by atoms with Crippen LogP contribution in [0.5, 0.6) is 0 Å². The van der Waals surface area contributed by atoms with Gasteiger partial charge >= 0.3 is 0 Å². The molecule has 2 saturated heterocycles. The molecule has 0 spiro atoms. The van der Waals surface area contributed by atoms with E-state index in [9.17, 15) is 9.59 Å². The molecule has 6 nitrogen and oxygen atoms in total. The normalized spacial score (nSPS) is 21.1. The fourth-order valence-electron chi connectivity index (χ4n) is 3.87. The number of hydrogen-bond acceptors (Lipinski definition) is 4. The predicted octanol–water partition coefficient (Wildman–Crippen LogP) is 1.16. The number of aromatic amines is 1. The molecule has 26 heavy (non-hydrogen) atoms. The van der Waals surface area contributed by atoms with Crippen LogP contribution in [0.15, 0.2) is 47.3 Å². The molecule has 1 aromatic heterocycles. The van der Waals surface area contributed by atoms with Gasteiger partial charge in [-0.05, 0) is 24.1 Å². The molecule has 6 heteroatoms. The molecule has 2 fully saturated rings. The number of H-pyrrole nitrogens is 1. The highest BCUT2D eigenvalue weighted by Crippen LogP contribution is 2.19. The Labute approximate surface area is 152 Å². The van der Waals surface area contributed by atoms with Gasteiger partial charge in [0.1, 0.15) is 5.56 Å². The highest BCUT2D eigenvalue weighted by molar-refractivity contribution is 5.94. The number of aromatic nitrogens is 1. The highest BCUT2D eigenvalue weighted by Gasteiger charge is 2.32. The van der Waals surface area contributed by atoms with E-state index in [1.165, 1.54) is 0 Å². The maximum atomic E-state index is 12.8. The Balaban J connectivity index is 1.47. The van der Waals surface area contributed by atoms with Gasteiger partial charge in [0, 0.05) is 51.0 Å². The summed E-state index contributed by atoms with van der Waals surface area (Å²) in [5.74, 6) is -0.163. The third-order valence-corrected chi connectivity index (χ3v) is 5.34. The van der Waals surface area contributed by atoms with Crippen molar-refractivity contribution < 1.29 is 4.79 Å². The number of hydrogen-bond donors (Lipinski definition) is 2. The molecule has 1 atom stereocenters. The minimum atomic E-state index is -0.318. The van der Waals surface area contributed by atoms with Gasteiger partial charge in [-0.2, -0.15) is 0 Å². The van der Waals surface area contributed by atoms with E-state index in [2.05, 4.69) is 15.2 Å². The van der Waals surface area contributed by atoms with E-state index >= 15 is 0 Å². The van der Waals surface area contributed by atoms with Crippen molar-refractivity contribution in [3.63, 3.8) is 0 Å². The van der Waals surface area contributed by atoms with Crippen LogP contribution in [0.2, 0.25) is 0 Å². The monoisotopic (exact) mass is 352 g/mol. The Bertz CT molecular complexity index is 827. The van der Waals surface area contributed by atoms with E-state index in [0.717, 1.165) is 43.9 Å². The van der Waals surface area contributed by atoms with Crippen molar-refractivity contribution in [1.29, 1.82) is 0 Å². The quantitative estimate of drug-likeness (QED) is 0.870. The molecule has 0 bridgehead atoms. The van der Waals surface area contributed by atoms with E-state index in [-0.39, 0.29) is 17.0 Å². The smallest absolute Gasteiger partial charge is 0.261 e. The zero-order chi connectivity index (χ0) is 17.9. The lowest BCUT2D eigenvalue weighted by molar-refractivity contribution is 0.0771. The van der Waals surface area contributed by atoms with Gasteiger partial charge < -0.3 is 15.2 Å². The third kappa shape index (κ3) is 3.43. The van der Waals surface area contributed by atoms with E-state index in [0.29, 0.717) is 19.1 Å². The third-order valence-electron chi connectivity index (χ3n) is 5.34. The lowest BCUT2D eigenvalue weighted by Gasteiger charge is -2.32. The van der Waals surface area contributed by atoms with Crippen molar-refractivity contribution in [2.75, 3.05) is 39.3 Å². The standard InChI is InChI=1S/C20H24N4O2/c25-19-17(6-7-18(22-19)15-4-2-1-3-5-15)20(26)24-11-8-16(14-24)23-12-9-21-10-13-23/h1-7,16,21H,8-14H2,(H,22,25). The number of carbonyl (C=O) groups excluding carboxylic acids is 1. The second-order valence-electron chi connectivity index (χ2n) is 6.96. The van der Waals surface area contributed by atoms with Crippen LogP contribution >= 0.6 is 0 Å². The first-order valence-electron chi connectivity index (χ1n) is 9.25. The first-order chi connectivity index (χ1) is 12.7. The first-order valence-corrected chi connectivity index (χ1v) is 9.25. The van der Waals surface area contributed by atoms with Crippen LogP contribution in [0.25, 0.3) is 11.3 Å². The Kier molecular flexibility index (Phi) is 4.86. The largest absolute Gasteiger partial charge is 0.337 e. The first kappa shape index (κ1) is 17.0. The van der Waals surface area contributed by atoms with Crippen molar-refractivity contribution in [2.45, 2.75) is 12.5 Å². The van der Waals surface area contributed by atoms with Gasteiger partial charge in [0.2, 0.25) is 0 Å². The van der Waals surface area contributed by atoms with Gasteiger partial charge in [0.25, 0.3) is 11.5 Å². The van der Waals surface area contributed by atoms with Crippen LogP contribution in [0.4, 0.5) is 0 Å². The number of benzene rings is 1. The molecule has 0 aliphatic carbocycles. The van der Waals surface area contributed by atoms with Crippen molar-refractivity contribution in [3.8, 4) is 11.3 Å². The van der Waals surface area contributed by atoms with Gasteiger partial charge in [-0.25, -0.2) is 0 Å². The number of amides is 1. The zero-order valence-corrected chi connectivity index (χ0v) is 14.8. The molecular weight excluding hydrogens is 328 g/mol. The molecule has 4 rings (SSSR count). The number of likely N-dealkylation sites (tertiary alicyclic amines) is 1. The van der Waals surface area contributed by atoms with Crippen molar-refractivity contribution >= 4 is 5.91 Å². The van der Waals surface area contributed by atoms with E-state index in [1.807, 2.05) is 41.3 Å². The molecule has 1 aromatic carbocycles. The Morgan fingerprint density at radius 3 is 2.50 bits per heavy atom. The molecule has 3 heterocycles. The van der Waals surface area contributed by atoms with Crippen molar-refractivity contribution in [2.24, 2.45) is 0 Å². The van der Waals surface area contributed by atoms with Crippen LogP contribution in [0.1, 0.15) is 16.8 Å². The summed E-state index contributed by atoms with van der Waals surface area (Å²) in [6.45, 7) is 5.49. The number of rotatable bonds is 3. The number of pyridine rings is 1. The van der Waals surface area contributed by atoms with E-state index in [1.54, 1.807) is 6.07 Å². The number of piperazine rings is 1. The molecule has 0 saturated carbocycles. The fourth-order valence-corrected chi connectivity index (χ4v) is 3.87. The summed E-state index contributed by atoms with van der Waals surface area (Å²) in [4.78, 5) is 32.4. The zero-order valence-electron chi connectivity index (χ0n) is 14.8. The molecule has 2 aliphatic heterocycles. The minimum Gasteiger partial charge on any atom is -0.337 e. The van der Waals surface area contributed by atoms with Gasteiger partial charge in [0.15, 0.2) is 0 Å². The average molecular weight is 352 g/mol. The SMILES string of the molecule is O=C(c1ccc(-c2ccccc2)[nH]c1=O)N1CCC(N2CCNCC2)C1. The summed E-state index contributed by atoms with van der Waals surface area (Å²) < 4.78 is 0. The maximum Gasteiger partial charge on any atom is 0.261 e. The molecule has 2 N–H and O–H groups in total. The van der Waals surface area contributed by atoms with Crippen LogP contribution in [0.3, 0.4) is 0 Å². The van der Waals surface area contributed by atoms with Crippen LogP contribution in [-0.2, 0) is 0 Å². The average Bonchev–Trinajstić information content (AvgIpc) is 3.19. The predicted molar refractivity (Wildman–Crippen MR) is 101 cm³/mol. The van der Waals surface area contributed by atoms with Crippen LogP contribution in [-0.4, -0.2) is 66.0 Å². The molecule has 0 radical (unpaired) electrons. The summed E-state index contributed by atoms with van der Waals surface area (Å²) >= 11 is 0. The summed E-state index contributed by atoms with van der Waals surface area (Å²) in [6.07, 6.45) is 0.978. The van der Waals surface area contributed by atoms with Gasteiger partial charge in [-0.15, -0.1) is 0 Å². The lowest BCUT2D eigenvalue weighted by atomic mass is 10.1. The van der Waals surface area contributed by atoms with E-state index < -0.39 is 0 Å². The Morgan fingerprint density at radius 1 is 1.00 bits per heavy atom. The summed E-state index contributed by atoms with van der Waals surface area (Å²) in [5, 5.41) is 3.36. The molecular formula is C20H24N4O2. The van der Waals surface area contributed by atoms with Gasteiger partial charge in [-0.1, -0.05) is 30.3 Å². The Morgan fingerprint density at radius 2 is 1.77 bits per heavy atom. The fraction of sp³-hybridized carbons (Fsp3) is 0.400. The summed E-state index contributed by atoms with van der Waals surface area (Å²) in [5.41, 5.74) is 1.57. The van der Waals surface area contributed by atoms with Crippen molar-refractivity contribution in [3.05, 3.63) is 58.4 Å². The molecule has 1 amide bonds. The highest BCUT2D eigenvalue weighted by atomic mass is 16.2. The topological polar surface area (TPSA) is 68.4 Å². The minimum absolute atomic E-state index is 0.163. The molecule has 2 aliphatic rings. The summed E-state index contributed by atoms with van der Waals surface area (Å²) in [7, 11) is 0. The second kappa shape index (κ2) is 7.43. The molecule has 1 unspecified atom stereocenters. The number of carbonyl (C=O) groups is 1. The van der Waals surface area contributed by atoms with Crippen molar-refractivity contribution in [1.82, 2.24) is 20.1 Å². The molecule has 136 valence electrons. The van der Waals surface area contributed by atoms with Gasteiger partial charge in [-0.3, -0.25) is 14.5 Å². The van der Waals surface area contributed by atoms with Crippen LogP contribution < -0.4 is 10.9 Å². The number of nitrogens with one attached hydrogen (secondary N) is 2. The summed E-state index contributed by atoms with van der Waals surface area (Å²) in [6, 6.07) is 13.5. The van der Waals surface area contributed by atoms with Gasteiger partial charge in [0.05, 0.1) is 0 Å². The van der Waals surface area contributed by atoms with E-state index in [4.69, 9.17) is 0 Å². The number of nitrogens with zero attached hydrogens (tertiary/aromatic N) is 2. The lowest BCUT2D eigenvalue weighted by Crippen LogP contribution is -2.49.